The van der Waals surface area contributed by atoms with Gasteiger partial charge in [0.2, 0.25) is 0 Å². The van der Waals surface area contributed by atoms with Crippen LogP contribution >= 0.6 is 0 Å². The fourth-order valence-electron chi connectivity index (χ4n) is 2.74. The maximum atomic E-state index is 9.79. The van der Waals surface area contributed by atoms with Crippen LogP contribution in [-0.2, 0) is 0 Å². The minimum Gasteiger partial charge on any atom is -0.389 e. The van der Waals surface area contributed by atoms with Crippen molar-refractivity contribution in [3.05, 3.63) is 29.8 Å². The van der Waals surface area contributed by atoms with Crippen LogP contribution in [0, 0.1) is 5.92 Å². The van der Waals surface area contributed by atoms with Crippen molar-refractivity contribution in [2.24, 2.45) is 5.92 Å². The second kappa shape index (κ2) is 4.46. The van der Waals surface area contributed by atoms with E-state index in [-0.39, 0.29) is 6.10 Å². The van der Waals surface area contributed by atoms with Crippen molar-refractivity contribution in [2.75, 3.05) is 11.4 Å². The Labute approximate surface area is 97.9 Å². The van der Waals surface area contributed by atoms with Crippen LogP contribution in [0.1, 0.15) is 38.9 Å². The van der Waals surface area contributed by atoms with Gasteiger partial charge in [-0.05, 0) is 32.3 Å². The summed E-state index contributed by atoms with van der Waals surface area (Å²) in [6.07, 6.45) is 0.855. The van der Waals surface area contributed by atoms with Crippen LogP contribution in [0.25, 0.3) is 0 Å². The fraction of sp³-hybridized carbons (Fsp3) is 0.571. The molecule has 88 valence electrons. The summed E-state index contributed by atoms with van der Waals surface area (Å²) in [7, 11) is 0. The number of aliphatic hydroxyl groups is 1. The van der Waals surface area contributed by atoms with E-state index >= 15 is 0 Å². The van der Waals surface area contributed by atoms with Gasteiger partial charge in [-0.1, -0.05) is 25.1 Å². The Kier molecular flexibility index (Phi) is 3.20. The molecule has 0 amide bonds. The normalized spacial score (nSPS) is 27.1. The minimum atomic E-state index is -0.390. The van der Waals surface area contributed by atoms with Gasteiger partial charge in [-0.3, -0.25) is 0 Å². The molecule has 0 spiro atoms. The lowest BCUT2D eigenvalue weighted by molar-refractivity contribution is 0.199. The van der Waals surface area contributed by atoms with E-state index in [1.807, 2.05) is 19.1 Å². The van der Waals surface area contributed by atoms with E-state index in [0.717, 1.165) is 18.0 Å². The Balaban J connectivity index is 2.33. The van der Waals surface area contributed by atoms with E-state index in [1.165, 1.54) is 12.1 Å². The number of hydrogen-bond donors (Lipinski definition) is 1. The van der Waals surface area contributed by atoms with E-state index in [4.69, 9.17) is 0 Å². The maximum Gasteiger partial charge on any atom is 0.0781 e. The highest BCUT2D eigenvalue weighted by Crippen LogP contribution is 2.33. The summed E-state index contributed by atoms with van der Waals surface area (Å²) >= 11 is 0. The number of rotatable bonds is 2. The van der Waals surface area contributed by atoms with Crippen LogP contribution in [0.5, 0.6) is 0 Å². The van der Waals surface area contributed by atoms with Crippen molar-refractivity contribution in [1.82, 2.24) is 0 Å². The third kappa shape index (κ3) is 2.07. The van der Waals surface area contributed by atoms with Crippen molar-refractivity contribution in [1.29, 1.82) is 0 Å². The molecule has 3 atom stereocenters. The molecule has 3 unspecified atom stereocenters. The summed E-state index contributed by atoms with van der Waals surface area (Å²) in [5.41, 5.74) is 2.25. The zero-order chi connectivity index (χ0) is 11.7. The van der Waals surface area contributed by atoms with Crippen LogP contribution in [0.4, 0.5) is 5.69 Å². The zero-order valence-electron chi connectivity index (χ0n) is 10.4. The summed E-state index contributed by atoms with van der Waals surface area (Å²) in [4.78, 5) is 2.42. The van der Waals surface area contributed by atoms with E-state index in [1.54, 1.807) is 0 Å². The highest BCUT2D eigenvalue weighted by atomic mass is 16.3. The molecule has 1 aliphatic rings. The lowest BCUT2D eigenvalue weighted by Crippen LogP contribution is -2.27. The molecule has 1 aliphatic heterocycles. The number of nitrogens with zero attached hydrogens (tertiary/aromatic N) is 1. The van der Waals surface area contributed by atoms with Gasteiger partial charge in [-0.15, -0.1) is 0 Å². The lowest BCUT2D eigenvalue weighted by Gasteiger charge is -2.27. The molecule has 0 aromatic heterocycles. The lowest BCUT2D eigenvalue weighted by atomic mass is 10.1. The summed E-state index contributed by atoms with van der Waals surface area (Å²) in [6.45, 7) is 7.50. The number of anilines is 1. The van der Waals surface area contributed by atoms with Crippen molar-refractivity contribution >= 4 is 5.69 Å². The first-order chi connectivity index (χ1) is 7.59. The average Bonchev–Trinajstić information content (AvgIpc) is 2.57. The number of hydrogen-bond acceptors (Lipinski definition) is 2. The molecule has 1 heterocycles. The van der Waals surface area contributed by atoms with Crippen LogP contribution in [0.3, 0.4) is 0 Å². The quantitative estimate of drug-likeness (QED) is 0.826. The first kappa shape index (κ1) is 11.5. The number of benzene rings is 1. The molecule has 0 aliphatic carbocycles. The fourth-order valence-corrected chi connectivity index (χ4v) is 2.74. The molecule has 2 nitrogen and oxygen atoms in total. The molecule has 0 radical (unpaired) electrons. The molecule has 1 aromatic carbocycles. The number of aliphatic hydroxyl groups excluding tert-OH is 1. The van der Waals surface area contributed by atoms with Gasteiger partial charge in [0.05, 0.1) is 6.10 Å². The Morgan fingerprint density at radius 2 is 2.00 bits per heavy atom. The van der Waals surface area contributed by atoms with E-state index in [0.29, 0.717) is 6.04 Å². The first-order valence-corrected chi connectivity index (χ1v) is 6.13. The van der Waals surface area contributed by atoms with Gasteiger partial charge >= 0.3 is 0 Å². The monoisotopic (exact) mass is 219 g/mol. The summed E-state index contributed by atoms with van der Waals surface area (Å²) in [5.74, 6) is 0.747. The van der Waals surface area contributed by atoms with Gasteiger partial charge in [-0.2, -0.15) is 0 Å². The van der Waals surface area contributed by atoms with Crippen molar-refractivity contribution in [2.45, 2.75) is 39.3 Å². The number of para-hydroxylation sites is 1. The van der Waals surface area contributed by atoms with E-state index < -0.39 is 0 Å². The molecule has 1 fully saturated rings. The van der Waals surface area contributed by atoms with Crippen LogP contribution in [-0.4, -0.2) is 17.7 Å². The van der Waals surface area contributed by atoms with Gasteiger partial charge in [-0.25, -0.2) is 0 Å². The predicted molar refractivity (Wildman–Crippen MR) is 67.7 cm³/mol. The maximum absolute atomic E-state index is 9.79. The molecule has 1 aromatic rings. The second-order valence-corrected chi connectivity index (χ2v) is 5.08. The van der Waals surface area contributed by atoms with E-state index in [9.17, 15) is 5.11 Å². The molecule has 0 saturated carbocycles. The molecule has 16 heavy (non-hydrogen) atoms. The second-order valence-electron chi connectivity index (χ2n) is 5.08. The first-order valence-electron chi connectivity index (χ1n) is 6.13. The molecule has 0 bridgehead atoms. The largest absolute Gasteiger partial charge is 0.389 e. The Morgan fingerprint density at radius 1 is 1.31 bits per heavy atom. The molecule has 2 heteroatoms. The third-order valence-corrected chi connectivity index (χ3v) is 3.48. The highest BCUT2D eigenvalue weighted by Gasteiger charge is 2.27. The molecule has 2 rings (SSSR count). The molecular formula is C14H21NO. The molecular weight excluding hydrogens is 198 g/mol. The van der Waals surface area contributed by atoms with Gasteiger partial charge in [0.15, 0.2) is 0 Å². The van der Waals surface area contributed by atoms with Crippen molar-refractivity contribution in [3.8, 4) is 0 Å². The topological polar surface area (TPSA) is 23.5 Å². The van der Waals surface area contributed by atoms with Gasteiger partial charge in [0, 0.05) is 23.8 Å². The van der Waals surface area contributed by atoms with Crippen molar-refractivity contribution in [3.63, 3.8) is 0 Å². The summed E-state index contributed by atoms with van der Waals surface area (Å²) in [5, 5.41) is 9.79. The third-order valence-electron chi connectivity index (χ3n) is 3.48. The van der Waals surface area contributed by atoms with Gasteiger partial charge in [0.25, 0.3) is 0 Å². The van der Waals surface area contributed by atoms with Crippen LogP contribution in [0.15, 0.2) is 24.3 Å². The van der Waals surface area contributed by atoms with Gasteiger partial charge < -0.3 is 10.0 Å². The van der Waals surface area contributed by atoms with Gasteiger partial charge in [0.1, 0.15) is 0 Å². The summed E-state index contributed by atoms with van der Waals surface area (Å²) < 4.78 is 0. The average molecular weight is 219 g/mol. The Hall–Kier alpha value is -1.02. The minimum absolute atomic E-state index is 0.390. The van der Waals surface area contributed by atoms with Crippen LogP contribution in [0.2, 0.25) is 0 Å². The smallest absolute Gasteiger partial charge is 0.0781 e. The van der Waals surface area contributed by atoms with Crippen LogP contribution < -0.4 is 4.90 Å². The Bertz CT molecular complexity index is 362. The molecule has 1 saturated heterocycles. The predicted octanol–water partition coefficient (Wildman–Crippen LogP) is 2.97. The van der Waals surface area contributed by atoms with Crippen molar-refractivity contribution < 1.29 is 5.11 Å². The summed E-state index contributed by atoms with van der Waals surface area (Å²) in [6, 6.07) is 8.77. The zero-order valence-corrected chi connectivity index (χ0v) is 10.4. The SMILES string of the molecule is CC1CC(C)N(c2ccccc2C(C)O)C1. The highest BCUT2D eigenvalue weighted by molar-refractivity contribution is 5.56. The standard InChI is InChI=1S/C14H21NO/c1-10-8-11(2)15(9-10)14-7-5-4-6-13(14)12(3)16/h4-7,10-12,16H,8-9H2,1-3H3. The van der Waals surface area contributed by atoms with E-state index in [2.05, 4.69) is 30.9 Å². The Morgan fingerprint density at radius 3 is 2.56 bits per heavy atom. The molecule has 1 N–H and O–H groups in total.